The number of hydrogen-bond acceptors (Lipinski definition) is 6. The lowest BCUT2D eigenvalue weighted by Gasteiger charge is -2.18. The highest BCUT2D eigenvalue weighted by molar-refractivity contribution is 7.19. The lowest BCUT2D eigenvalue weighted by molar-refractivity contribution is 0.0940. The predicted molar refractivity (Wildman–Crippen MR) is 108 cm³/mol. The topological polar surface area (TPSA) is 85.1 Å². The zero-order chi connectivity index (χ0) is 19.3. The zero-order valence-electron chi connectivity index (χ0n) is 15.8. The van der Waals surface area contributed by atoms with E-state index in [9.17, 15) is 4.79 Å². The highest BCUT2D eigenvalue weighted by Crippen LogP contribution is 2.42. The summed E-state index contributed by atoms with van der Waals surface area (Å²) in [6, 6.07) is 3.76. The van der Waals surface area contributed by atoms with E-state index < -0.39 is 0 Å². The van der Waals surface area contributed by atoms with Gasteiger partial charge in [-0.3, -0.25) is 9.78 Å². The number of carbonyl (C=O) groups is 1. The van der Waals surface area contributed by atoms with Crippen LogP contribution in [-0.2, 0) is 13.0 Å². The molecule has 0 radical (unpaired) electrons. The van der Waals surface area contributed by atoms with Crippen LogP contribution >= 0.6 is 11.3 Å². The molecule has 1 aliphatic rings. The summed E-state index contributed by atoms with van der Waals surface area (Å²) in [7, 11) is 0. The van der Waals surface area contributed by atoms with E-state index in [1.807, 2.05) is 19.1 Å². The first-order valence-corrected chi connectivity index (χ1v) is 10.3. The quantitative estimate of drug-likeness (QED) is 0.577. The van der Waals surface area contributed by atoms with Crippen molar-refractivity contribution in [2.45, 2.75) is 45.6 Å². The molecule has 8 heteroatoms. The van der Waals surface area contributed by atoms with Gasteiger partial charge in [0.15, 0.2) is 5.65 Å². The smallest absolute Gasteiger partial charge is 0.291 e. The normalized spacial score (nSPS) is 16.4. The minimum Gasteiger partial charge on any atom is -0.345 e. The van der Waals surface area contributed by atoms with E-state index in [1.165, 1.54) is 23.3 Å². The Kier molecular flexibility index (Phi) is 4.08. The Bertz CT molecular complexity index is 1200. The number of thiophene rings is 1. The van der Waals surface area contributed by atoms with Crippen molar-refractivity contribution in [3.8, 4) is 0 Å². The van der Waals surface area contributed by atoms with Crippen molar-refractivity contribution in [1.29, 1.82) is 0 Å². The zero-order valence-corrected chi connectivity index (χ0v) is 16.6. The number of nitrogens with zero attached hydrogens (tertiary/aromatic N) is 5. The standard InChI is InChI=1S/C20H20N6OS/c1-11-5-3-7-14-15(11)16-18-24-17(25-26(18)12(2)23-20(16)28-14)19(27)22-10-13-6-4-8-21-9-13/h4,6,8-9,11H,3,5,7,10H2,1-2H3,(H,22,27)/t11-/m0/s1. The fourth-order valence-electron chi connectivity index (χ4n) is 3.95. The van der Waals surface area contributed by atoms with E-state index >= 15 is 0 Å². The number of amides is 1. The highest BCUT2D eigenvalue weighted by Gasteiger charge is 2.26. The minimum absolute atomic E-state index is 0.171. The van der Waals surface area contributed by atoms with Crippen molar-refractivity contribution in [3.05, 3.63) is 52.2 Å². The third kappa shape index (κ3) is 2.75. The Hall–Kier alpha value is -2.87. The molecule has 0 unspecified atom stereocenters. The van der Waals surface area contributed by atoms with Gasteiger partial charge in [-0.2, -0.15) is 4.52 Å². The number of hydrogen-bond donors (Lipinski definition) is 1. The van der Waals surface area contributed by atoms with Gasteiger partial charge in [0, 0.05) is 23.8 Å². The lowest BCUT2D eigenvalue weighted by Crippen LogP contribution is -2.24. The molecule has 0 saturated heterocycles. The van der Waals surface area contributed by atoms with Gasteiger partial charge in [-0.05, 0) is 49.3 Å². The molecular weight excluding hydrogens is 372 g/mol. The fraction of sp³-hybridized carbons (Fsp3) is 0.350. The van der Waals surface area contributed by atoms with Crippen LogP contribution in [-0.4, -0.2) is 30.5 Å². The van der Waals surface area contributed by atoms with Crippen LogP contribution in [0, 0.1) is 6.92 Å². The van der Waals surface area contributed by atoms with Crippen molar-refractivity contribution in [2.75, 3.05) is 0 Å². The number of aryl methyl sites for hydroxylation is 2. The minimum atomic E-state index is -0.294. The first-order chi connectivity index (χ1) is 13.6. The van der Waals surface area contributed by atoms with Crippen molar-refractivity contribution >= 4 is 33.1 Å². The second kappa shape index (κ2) is 6.63. The average molecular weight is 392 g/mol. The van der Waals surface area contributed by atoms with Gasteiger partial charge in [0.1, 0.15) is 10.7 Å². The molecule has 0 aromatic carbocycles. The Morgan fingerprint density at radius 2 is 2.29 bits per heavy atom. The van der Waals surface area contributed by atoms with Crippen LogP contribution in [0.5, 0.6) is 0 Å². The first-order valence-electron chi connectivity index (χ1n) is 9.47. The number of carbonyl (C=O) groups excluding carboxylic acids is 1. The van der Waals surface area contributed by atoms with Gasteiger partial charge in [-0.15, -0.1) is 16.4 Å². The summed E-state index contributed by atoms with van der Waals surface area (Å²) in [4.78, 5) is 28.5. The molecule has 4 aromatic rings. The summed E-state index contributed by atoms with van der Waals surface area (Å²) in [5.74, 6) is 1.10. The number of nitrogens with one attached hydrogen (secondary N) is 1. The molecule has 28 heavy (non-hydrogen) atoms. The molecule has 7 nitrogen and oxygen atoms in total. The third-order valence-electron chi connectivity index (χ3n) is 5.32. The average Bonchev–Trinajstić information content (AvgIpc) is 3.29. The van der Waals surface area contributed by atoms with E-state index in [0.29, 0.717) is 12.5 Å². The molecule has 0 bridgehead atoms. The molecule has 5 rings (SSSR count). The molecule has 0 aliphatic heterocycles. The first kappa shape index (κ1) is 17.2. The van der Waals surface area contributed by atoms with Gasteiger partial charge in [0.05, 0.1) is 5.39 Å². The molecule has 1 atom stereocenters. The van der Waals surface area contributed by atoms with Crippen LogP contribution < -0.4 is 5.32 Å². The molecular formula is C20H20N6OS. The van der Waals surface area contributed by atoms with Crippen molar-refractivity contribution in [3.63, 3.8) is 0 Å². The van der Waals surface area contributed by atoms with Gasteiger partial charge in [-0.25, -0.2) is 9.97 Å². The number of fused-ring (bicyclic) bond motifs is 5. The van der Waals surface area contributed by atoms with Gasteiger partial charge >= 0.3 is 0 Å². The van der Waals surface area contributed by atoms with Crippen molar-refractivity contribution in [2.24, 2.45) is 0 Å². The molecule has 1 aliphatic carbocycles. The number of pyridine rings is 1. The second-order valence-corrected chi connectivity index (χ2v) is 8.37. The summed E-state index contributed by atoms with van der Waals surface area (Å²) >= 11 is 1.76. The third-order valence-corrected chi connectivity index (χ3v) is 6.48. The molecule has 0 fully saturated rings. The lowest BCUT2D eigenvalue weighted by atomic mass is 9.87. The van der Waals surface area contributed by atoms with Crippen LogP contribution in [0.3, 0.4) is 0 Å². The van der Waals surface area contributed by atoms with E-state index in [4.69, 9.17) is 4.98 Å². The van der Waals surface area contributed by atoms with Gasteiger partial charge in [0.2, 0.25) is 5.82 Å². The molecule has 4 aromatic heterocycles. The largest absolute Gasteiger partial charge is 0.345 e. The monoisotopic (exact) mass is 392 g/mol. The summed E-state index contributed by atoms with van der Waals surface area (Å²) < 4.78 is 1.70. The molecule has 4 heterocycles. The van der Waals surface area contributed by atoms with Gasteiger partial charge in [-0.1, -0.05) is 13.0 Å². The van der Waals surface area contributed by atoms with E-state index in [-0.39, 0.29) is 11.7 Å². The molecule has 1 amide bonds. The van der Waals surface area contributed by atoms with Gasteiger partial charge in [0.25, 0.3) is 5.91 Å². The highest BCUT2D eigenvalue weighted by atomic mass is 32.1. The molecule has 1 N–H and O–H groups in total. The Morgan fingerprint density at radius 1 is 1.39 bits per heavy atom. The number of aromatic nitrogens is 5. The SMILES string of the molecule is Cc1nc2sc3c(c2c2nc(C(=O)NCc4cccnc4)nn12)[C@@H](C)CCC3. The maximum atomic E-state index is 12.6. The van der Waals surface area contributed by atoms with Crippen LogP contribution in [0.1, 0.15) is 58.1 Å². The molecule has 0 saturated carbocycles. The second-order valence-electron chi connectivity index (χ2n) is 7.29. The number of rotatable bonds is 3. The Labute approximate surface area is 165 Å². The molecule has 142 valence electrons. The Balaban J connectivity index is 1.56. The van der Waals surface area contributed by atoms with Crippen LogP contribution in [0.4, 0.5) is 0 Å². The van der Waals surface area contributed by atoms with Crippen LogP contribution in [0.2, 0.25) is 0 Å². The summed E-state index contributed by atoms with van der Waals surface area (Å²) in [5, 5.41) is 8.39. The van der Waals surface area contributed by atoms with E-state index in [2.05, 4.69) is 27.3 Å². The van der Waals surface area contributed by atoms with E-state index in [0.717, 1.165) is 33.7 Å². The maximum absolute atomic E-state index is 12.6. The van der Waals surface area contributed by atoms with E-state index in [1.54, 1.807) is 28.2 Å². The van der Waals surface area contributed by atoms with Crippen molar-refractivity contribution < 1.29 is 4.79 Å². The van der Waals surface area contributed by atoms with Gasteiger partial charge < -0.3 is 5.32 Å². The predicted octanol–water partition coefficient (Wildman–Crippen LogP) is 3.41. The van der Waals surface area contributed by atoms with Crippen LogP contribution in [0.15, 0.2) is 24.5 Å². The van der Waals surface area contributed by atoms with Crippen LogP contribution in [0.25, 0.3) is 15.9 Å². The summed E-state index contributed by atoms with van der Waals surface area (Å²) in [5.41, 5.74) is 3.01. The summed E-state index contributed by atoms with van der Waals surface area (Å²) in [6.45, 7) is 4.55. The Morgan fingerprint density at radius 3 is 3.11 bits per heavy atom. The van der Waals surface area contributed by atoms with Crippen molar-refractivity contribution in [1.82, 2.24) is 29.9 Å². The fourth-order valence-corrected chi connectivity index (χ4v) is 5.32. The molecule has 0 spiro atoms. The summed E-state index contributed by atoms with van der Waals surface area (Å²) in [6.07, 6.45) is 6.92. The maximum Gasteiger partial charge on any atom is 0.291 e.